The predicted octanol–water partition coefficient (Wildman–Crippen LogP) is 5.05. The van der Waals surface area contributed by atoms with Gasteiger partial charge in [-0.15, -0.1) is 0 Å². The number of hydrogen-bond acceptors (Lipinski definition) is 5. The van der Waals surface area contributed by atoms with Crippen LogP contribution in [0, 0.1) is 5.82 Å². The van der Waals surface area contributed by atoms with Gasteiger partial charge in [-0.2, -0.15) is 0 Å². The molecule has 12 heteroatoms. The fourth-order valence-corrected chi connectivity index (χ4v) is 5.35. The van der Waals surface area contributed by atoms with Crippen molar-refractivity contribution in [2.75, 3.05) is 0 Å². The Morgan fingerprint density at radius 2 is 2.08 bits per heavy atom. The predicted molar refractivity (Wildman–Crippen MR) is 145 cm³/mol. The normalized spacial score (nSPS) is 13.4. The van der Waals surface area contributed by atoms with Crippen LogP contribution in [0.4, 0.5) is 4.39 Å². The number of amides is 1. The van der Waals surface area contributed by atoms with Gasteiger partial charge < -0.3 is 29.4 Å². The van der Waals surface area contributed by atoms with Gasteiger partial charge in [0.15, 0.2) is 0 Å². The van der Waals surface area contributed by atoms with E-state index in [1.165, 1.54) is 35.2 Å². The van der Waals surface area contributed by atoms with Gasteiger partial charge in [-0.1, -0.05) is 11.6 Å². The molecule has 0 atom stereocenters. The molecule has 10 nitrogen and oxygen atoms in total. The number of hydrogen-bond donors (Lipinski definition) is 4. The maximum atomic E-state index is 15.2. The number of aromatic carboxylic acids is 1. The van der Waals surface area contributed by atoms with Crippen molar-refractivity contribution in [3.8, 4) is 11.1 Å². The lowest BCUT2D eigenvalue weighted by molar-refractivity contribution is 0.0686. The molecule has 0 radical (unpaired) electrons. The molecular weight excluding hydrogens is 541 g/mol. The first-order valence-corrected chi connectivity index (χ1v) is 12.8. The quantitative estimate of drug-likeness (QED) is 0.210. The zero-order valence-electron chi connectivity index (χ0n) is 20.5. The molecule has 7 rings (SSSR count). The van der Waals surface area contributed by atoms with Crippen LogP contribution in [0.1, 0.15) is 39.4 Å². The van der Waals surface area contributed by atoms with E-state index in [1.807, 2.05) is 0 Å². The number of aromatic amines is 2. The van der Waals surface area contributed by atoms with E-state index in [1.54, 1.807) is 18.2 Å². The van der Waals surface area contributed by atoms with Crippen LogP contribution in [0.15, 0.2) is 58.1 Å². The minimum atomic E-state index is -1.33. The Bertz CT molecular complexity index is 2080. The van der Waals surface area contributed by atoms with E-state index < -0.39 is 17.3 Å². The van der Waals surface area contributed by atoms with Gasteiger partial charge in [0.1, 0.15) is 27.9 Å². The number of rotatable bonds is 6. The third-order valence-electron chi connectivity index (χ3n) is 7.12. The summed E-state index contributed by atoms with van der Waals surface area (Å²) in [5.74, 6) is -2.20. The molecule has 1 fully saturated rings. The van der Waals surface area contributed by atoms with Gasteiger partial charge in [0, 0.05) is 23.4 Å². The third kappa shape index (κ3) is 3.77. The molecule has 1 amide bonds. The Labute approximate surface area is 228 Å². The first-order chi connectivity index (χ1) is 19.3. The number of H-pyrrole nitrogens is 2. The summed E-state index contributed by atoms with van der Waals surface area (Å²) in [5.41, 5.74) is 1.45. The molecule has 4 N–H and O–H groups in total. The maximum Gasteiger partial charge on any atom is 0.353 e. The number of carboxylic acids is 1. The summed E-state index contributed by atoms with van der Waals surface area (Å²) < 4.78 is 22.2. The molecule has 200 valence electrons. The average molecular weight is 560 g/mol. The summed E-state index contributed by atoms with van der Waals surface area (Å²) in [4.78, 5) is 48.2. The second-order valence-corrected chi connectivity index (χ2v) is 10.1. The number of furan rings is 1. The lowest BCUT2D eigenvalue weighted by Crippen LogP contribution is -2.25. The number of fused-ring (bicyclic) bond motifs is 4. The number of nitrogens with zero attached hydrogens (tertiary/aromatic N) is 2. The first kappa shape index (κ1) is 24.2. The summed E-state index contributed by atoms with van der Waals surface area (Å²) in [6.45, 7) is -0.126. The summed E-state index contributed by atoms with van der Waals surface area (Å²) in [6, 6.07) is 9.18. The van der Waals surface area contributed by atoms with Gasteiger partial charge in [-0.3, -0.25) is 9.59 Å². The molecule has 1 aliphatic carbocycles. The molecule has 1 saturated carbocycles. The fraction of sp³-hybridized carbons (Fsp3) is 0.143. The maximum absolute atomic E-state index is 15.2. The van der Waals surface area contributed by atoms with Gasteiger partial charge >= 0.3 is 5.97 Å². The van der Waals surface area contributed by atoms with Crippen LogP contribution in [0.25, 0.3) is 44.0 Å². The molecule has 1 aromatic carbocycles. The third-order valence-corrected chi connectivity index (χ3v) is 7.45. The highest BCUT2D eigenvalue weighted by molar-refractivity contribution is 6.30. The fourth-order valence-electron chi connectivity index (χ4n) is 5.14. The highest BCUT2D eigenvalue weighted by Gasteiger charge is 2.29. The Hall–Kier alpha value is -4.90. The molecule has 6 aromatic rings. The van der Waals surface area contributed by atoms with Crippen LogP contribution in [0.5, 0.6) is 0 Å². The van der Waals surface area contributed by atoms with Crippen molar-refractivity contribution in [3.63, 3.8) is 0 Å². The van der Waals surface area contributed by atoms with Crippen LogP contribution in [-0.2, 0) is 6.54 Å². The van der Waals surface area contributed by atoms with Crippen molar-refractivity contribution in [3.05, 3.63) is 87.1 Å². The van der Waals surface area contributed by atoms with E-state index in [2.05, 4.69) is 20.3 Å². The number of carbonyl (C=O) groups is 2. The number of carbonyl (C=O) groups excluding carboxylic acids is 1. The minimum absolute atomic E-state index is 0.0810. The highest BCUT2D eigenvalue weighted by atomic mass is 35.5. The number of pyridine rings is 2. The first-order valence-electron chi connectivity index (χ1n) is 12.4. The van der Waals surface area contributed by atoms with Crippen molar-refractivity contribution < 1.29 is 23.5 Å². The van der Waals surface area contributed by atoms with E-state index in [0.29, 0.717) is 22.3 Å². The lowest BCUT2D eigenvalue weighted by atomic mass is 10.0. The van der Waals surface area contributed by atoms with E-state index in [9.17, 15) is 19.5 Å². The summed E-state index contributed by atoms with van der Waals surface area (Å²) in [5, 5.41) is 13.8. The largest absolute Gasteiger partial charge is 0.477 e. The van der Waals surface area contributed by atoms with Crippen LogP contribution >= 0.6 is 11.6 Å². The molecule has 0 bridgehead atoms. The number of nitrogens with one attached hydrogen (secondary N) is 3. The van der Waals surface area contributed by atoms with Crippen molar-refractivity contribution >= 4 is 56.4 Å². The topological polar surface area (TPSA) is 146 Å². The molecule has 0 spiro atoms. The molecular formula is C28H19ClFN5O5. The summed E-state index contributed by atoms with van der Waals surface area (Å²) in [7, 11) is 0. The summed E-state index contributed by atoms with van der Waals surface area (Å²) >= 11 is 6.54. The molecule has 0 aliphatic heterocycles. The van der Waals surface area contributed by atoms with Crippen LogP contribution < -0.4 is 10.9 Å². The average Bonchev–Trinajstić information content (AvgIpc) is 3.31. The van der Waals surface area contributed by atoms with Crippen molar-refractivity contribution in [2.45, 2.75) is 25.4 Å². The molecule has 0 unspecified atom stereocenters. The Kier molecular flexibility index (Phi) is 5.33. The Morgan fingerprint density at radius 1 is 1.25 bits per heavy atom. The van der Waals surface area contributed by atoms with Crippen molar-refractivity contribution in [2.24, 2.45) is 0 Å². The minimum Gasteiger partial charge on any atom is -0.477 e. The van der Waals surface area contributed by atoms with Gasteiger partial charge in [-0.25, -0.2) is 14.2 Å². The Balaban J connectivity index is 1.45. The number of aromatic nitrogens is 4. The molecule has 5 aromatic heterocycles. The Morgan fingerprint density at radius 3 is 2.83 bits per heavy atom. The number of halogens is 2. The van der Waals surface area contributed by atoms with E-state index in [-0.39, 0.29) is 62.3 Å². The van der Waals surface area contributed by atoms with Gasteiger partial charge in [0.05, 0.1) is 45.7 Å². The molecule has 0 saturated heterocycles. The van der Waals surface area contributed by atoms with Crippen LogP contribution in [0.3, 0.4) is 0 Å². The zero-order valence-corrected chi connectivity index (χ0v) is 21.3. The van der Waals surface area contributed by atoms with Crippen molar-refractivity contribution in [1.82, 2.24) is 24.8 Å². The zero-order chi connectivity index (χ0) is 27.7. The smallest absolute Gasteiger partial charge is 0.353 e. The second kappa shape index (κ2) is 8.82. The standard InChI is InChI=1S/C28H19ClFN5O5/c29-25-12(8-17-18(34-25)10-19(33-17)27(37)32-13-3-4-13)11-35-20-9-16(30)14-5-7-40-24(14)22(20)21(23(35)28(38)39)15-2-1-6-31-26(15)36/h1-2,5-10,13,33H,3-4,11H2,(H,31,36)(H,32,37)(H,38,39). The van der Waals surface area contributed by atoms with Gasteiger partial charge in [-0.05, 0) is 49.2 Å². The molecule has 40 heavy (non-hydrogen) atoms. The van der Waals surface area contributed by atoms with Crippen LogP contribution in [-0.4, -0.2) is 42.5 Å². The SMILES string of the molecule is O=C(NC1CC1)c1cc2nc(Cl)c(Cn3c(C(=O)O)c(-c4ccc[nH]c4=O)c4c5occc5c(F)cc43)cc2[nH]1. The monoisotopic (exact) mass is 559 g/mol. The number of benzene rings is 1. The van der Waals surface area contributed by atoms with Crippen LogP contribution in [0.2, 0.25) is 5.15 Å². The van der Waals surface area contributed by atoms with Gasteiger partial charge in [0.25, 0.3) is 11.5 Å². The van der Waals surface area contributed by atoms with Gasteiger partial charge in [0.2, 0.25) is 0 Å². The lowest BCUT2D eigenvalue weighted by Gasteiger charge is -2.11. The second-order valence-electron chi connectivity index (χ2n) is 9.75. The van der Waals surface area contributed by atoms with E-state index >= 15 is 4.39 Å². The molecule has 5 heterocycles. The summed E-state index contributed by atoms with van der Waals surface area (Å²) in [6.07, 6.45) is 4.63. The van der Waals surface area contributed by atoms with E-state index in [0.717, 1.165) is 12.8 Å². The van der Waals surface area contributed by atoms with Crippen molar-refractivity contribution in [1.29, 1.82) is 0 Å². The molecule has 1 aliphatic rings. The number of carboxylic acid groups (broad SMARTS) is 1. The highest BCUT2D eigenvalue weighted by Crippen LogP contribution is 2.40. The van der Waals surface area contributed by atoms with E-state index in [4.69, 9.17) is 16.0 Å².